The van der Waals surface area contributed by atoms with Crippen molar-refractivity contribution >= 4 is 5.78 Å². The van der Waals surface area contributed by atoms with Crippen LogP contribution < -0.4 is 0 Å². The van der Waals surface area contributed by atoms with E-state index in [0.29, 0.717) is 18.3 Å². The normalized spacial score (nSPS) is 42.8. The van der Waals surface area contributed by atoms with E-state index < -0.39 is 0 Å². The maximum Gasteiger partial charge on any atom is 0.155 e. The molecule has 2 bridgehead atoms. The van der Waals surface area contributed by atoms with E-state index in [4.69, 9.17) is 9.47 Å². The van der Waals surface area contributed by atoms with Crippen molar-refractivity contribution in [3.05, 3.63) is 0 Å². The van der Waals surface area contributed by atoms with E-state index in [9.17, 15) is 4.79 Å². The predicted molar refractivity (Wildman–Crippen MR) is 65.6 cm³/mol. The summed E-state index contributed by atoms with van der Waals surface area (Å²) in [5, 5.41) is 0. The van der Waals surface area contributed by atoms with Crippen molar-refractivity contribution in [3.8, 4) is 0 Å². The average molecular weight is 240 g/mol. The molecule has 3 nitrogen and oxygen atoms in total. The zero-order valence-electron chi connectivity index (χ0n) is 11.4. The van der Waals surface area contributed by atoms with Crippen LogP contribution in [0.3, 0.4) is 0 Å². The quantitative estimate of drug-likeness (QED) is 0.709. The number of carbonyl (C=O) groups excluding carboxylic acids is 1. The summed E-state index contributed by atoms with van der Waals surface area (Å²) in [5.74, 6) is 1.13. The number of carbonyl (C=O) groups is 1. The van der Waals surface area contributed by atoms with Crippen molar-refractivity contribution < 1.29 is 14.3 Å². The molecule has 0 radical (unpaired) electrons. The first-order valence-electron chi connectivity index (χ1n) is 6.80. The van der Waals surface area contributed by atoms with Gasteiger partial charge in [-0.15, -0.1) is 0 Å². The molecule has 17 heavy (non-hydrogen) atoms. The molecule has 3 heteroatoms. The van der Waals surface area contributed by atoms with Gasteiger partial charge in [-0.2, -0.15) is 0 Å². The monoisotopic (exact) mass is 240 g/mol. The van der Waals surface area contributed by atoms with Crippen LogP contribution in [-0.4, -0.2) is 24.8 Å². The molecule has 3 aliphatic carbocycles. The van der Waals surface area contributed by atoms with Crippen molar-refractivity contribution in [1.82, 2.24) is 0 Å². The lowest BCUT2D eigenvalue weighted by atomic mass is 9.55. The fraction of sp³-hybridized carbons (Fsp3) is 0.929. The molecule has 0 aliphatic heterocycles. The van der Waals surface area contributed by atoms with Gasteiger partial charge in [-0.05, 0) is 39.0 Å². The van der Waals surface area contributed by atoms with Gasteiger partial charge in [0.15, 0.2) is 6.29 Å². The molecule has 98 valence electrons. The number of ketones is 1. The van der Waals surface area contributed by atoms with Crippen molar-refractivity contribution in [1.29, 1.82) is 0 Å². The van der Waals surface area contributed by atoms with Crippen LogP contribution in [0.15, 0.2) is 0 Å². The Morgan fingerprint density at radius 1 is 1.53 bits per heavy atom. The van der Waals surface area contributed by atoms with Gasteiger partial charge in [-0.25, -0.2) is 0 Å². The number of ether oxygens (including phenoxy) is 2. The third-order valence-electron chi connectivity index (χ3n) is 4.70. The first-order valence-corrected chi connectivity index (χ1v) is 6.80. The zero-order chi connectivity index (χ0) is 12.6. The van der Waals surface area contributed by atoms with Crippen molar-refractivity contribution in [2.24, 2.45) is 17.3 Å². The molecular formula is C14H24O3. The molecule has 0 aromatic heterocycles. The Kier molecular flexibility index (Phi) is 3.60. The molecule has 0 N–H and O–H groups in total. The minimum atomic E-state index is -0.278. The van der Waals surface area contributed by atoms with E-state index in [-0.39, 0.29) is 23.7 Å². The third-order valence-corrected chi connectivity index (χ3v) is 4.70. The van der Waals surface area contributed by atoms with E-state index in [1.807, 2.05) is 13.8 Å². The van der Waals surface area contributed by atoms with Gasteiger partial charge in [0.05, 0.1) is 11.5 Å². The van der Waals surface area contributed by atoms with E-state index in [1.54, 1.807) is 0 Å². The van der Waals surface area contributed by atoms with E-state index in [1.165, 1.54) is 6.42 Å². The molecular weight excluding hydrogens is 216 g/mol. The number of Topliss-reactive ketones (excluding diaryl/α,β-unsaturated/α-hetero) is 1. The molecule has 5 atom stereocenters. The fourth-order valence-electron chi connectivity index (χ4n) is 3.48. The Morgan fingerprint density at radius 3 is 2.88 bits per heavy atom. The van der Waals surface area contributed by atoms with Crippen molar-refractivity contribution in [2.75, 3.05) is 6.61 Å². The SMILES string of the molecule is CCOC(C)O[C@H]1C[C@@H]2CC[C@@]1(C)C(=O)C2C. The van der Waals surface area contributed by atoms with Gasteiger partial charge in [0, 0.05) is 12.5 Å². The van der Waals surface area contributed by atoms with Gasteiger partial charge in [-0.3, -0.25) is 4.79 Å². The van der Waals surface area contributed by atoms with Crippen LogP contribution in [0.25, 0.3) is 0 Å². The summed E-state index contributed by atoms with van der Waals surface area (Å²) in [4.78, 5) is 12.3. The maximum atomic E-state index is 12.3. The molecule has 2 unspecified atom stereocenters. The summed E-state index contributed by atoms with van der Waals surface area (Å²) >= 11 is 0. The molecule has 3 rings (SSSR count). The van der Waals surface area contributed by atoms with Gasteiger partial charge in [0.1, 0.15) is 5.78 Å². The van der Waals surface area contributed by atoms with Crippen LogP contribution in [0.1, 0.15) is 47.0 Å². The lowest BCUT2D eigenvalue weighted by Crippen LogP contribution is -2.56. The Labute approximate surface area is 104 Å². The van der Waals surface area contributed by atoms with Gasteiger partial charge >= 0.3 is 0 Å². The van der Waals surface area contributed by atoms with Crippen molar-refractivity contribution in [2.45, 2.75) is 59.4 Å². The fourth-order valence-corrected chi connectivity index (χ4v) is 3.48. The van der Waals surface area contributed by atoms with E-state index in [2.05, 4.69) is 13.8 Å². The minimum Gasteiger partial charge on any atom is -0.353 e. The Balaban J connectivity index is 2.07. The Bertz CT molecular complexity index is 302. The summed E-state index contributed by atoms with van der Waals surface area (Å²) in [5.41, 5.74) is -0.278. The van der Waals surface area contributed by atoms with Gasteiger partial charge < -0.3 is 9.47 Å². The van der Waals surface area contributed by atoms with Crippen LogP contribution in [0.5, 0.6) is 0 Å². The minimum absolute atomic E-state index is 0.0477. The predicted octanol–water partition coefficient (Wildman–Crippen LogP) is 2.78. The first-order chi connectivity index (χ1) is 7.99. The molecule has 0 amide bonds. The summed E-state index contributed by atoms with van der Waals surface area (Å²) in [7, 11) is 0. The second-order valence-corrected chi connectivity index (χ2v) is 5.75. The highest BCUT2D eigenvalue weighted by atomic mass is 16.7. The highest BCUT2D eigenvalue weighted by Gasteiger charge is 2.55. The van der Waals surface area contributed by atoms with Crippen LogP contribution in [-0.2, 0) is 14.3 Å². The smallest absolute Gasteiger partial charge is 0.155 e. The standard InChI is InChI=1S/C14H24O3/c1-5-16-10(3)17-12-8-11-6-7-14(12,4)13(15)9(11)2/h9-12H,5-8H2,1-4H3/t9?,10?,11-,12-,14+/m0/s1. The highest BCUT2D eigenvalue weighted by Crippen LogP contribution is 2.51. The number of fused-ring (bicyclic) bond motifs is 3. The summed E-state index contributed by atoms with van der Waals surface area (Å²) in [6.07, 6.45) is 3.01. The molecule has 3 fully saturated rings. The summed E-state index contributed by atoms with van der Waals surface area (Å²) in [6.45, 7) is 8.68. The zero-order valence-corrected chi connectivity index (χ0v) is 11.4. The van der Waals surface area contributed by atoms with Crippen LogP contribution in [0.2, 0.25) is 0 Å². The van der Waals surface area contributed by atoms with Crippen LogP contribution in [0, 0.1) is 17.3 Å². The first kappa shape index (κ1) is 13.0. The number of hydrogen-bond acceptors (Lipinski definition) is 3. The highest BCUT2D eigenvalue weighted by molar-refractivity contribution is 5.89. The lowest BCUT2D eigenvalue weighted by Gasteiger charge is -2.51. The number of hydrogen-bond donors (Lipinski definition) is 0. The molecule has 3 saturated carbocycles. The molecule has 0 spiro atoms. The van der Waals surface area contributed by atoms with Crippen molar-refractivity contribution in [3.63, 3.8) is 0 Å². The molecule has 0 saturated heterocycles. The van der Waals surface area contributed by atoms with Gasteiger partial charge in [0.2, 0.25) is 0 Å². The summed E-state index contributed by atoms with van der Waals surface area (Å²) in [6, 6.07) is 0. The topological polar surface area (TPSA) is 35.5 Å². The Morgan fingerprint density at radius 2 is 2.24 bits per heavy atom. The van der Waals surface area contributed by atoms with E-state index >= 15 is 0 Å². The van der Waals surface area contributed by atoms with Crippen LogP contribution in [0.4, 0.5) is 0 Å². The largest absolute Gasteiger partial charge is 0.353 e. The van der Waals surface area contributed by atoms with E-state index in [0.717, 1.165) is 12.8 Å². The second-order valence-electron chi connectivity index (χ2n) is 5.75. The molecule has 0 aromatic rings. The number of rotatable bonds is 4. The maximum absolute atomic E-state index is 12.3. The van der Waals surface area contributed by atoms with Gasteiger partial charge in [0.25, 0.3) is 0 Å². The second kappa shape index (κ2) is 4.69. The molecule has 0 heterocycles. The Hall–Kier alpha value is -0.410. The summed E-state index contributed by atoms with van der Waals surface area (Å²) < 4.78 is 11.4. The average Bonchev–Trinajstić information content (AvgIpc) is 2.28. The molecule has 0 aromatic carbocycles. The van der Waals surface area contributed by atoms with Gasteiger partial charge in [-0.1, -0.05) is 13.8 Å². The molecule has 3 aliphatic rings. The van der Waals surface area contributed by atoms with Crippen LogP contribution >= 0.6 is 0 Å². The third kappa shape index (κ3) is 2.15. The lowest BCUT2D eigenvalue weighted by molar-refractivity contribution is -0.213.